The number of benzene rings is 1. The molecular weight excluding hydrogens is 571 g/mol. The number of thiophene rings is 1. The topological polar surface area (TPSA) is 79.7 Å². The summed E-state index contributed by atoms with van der Waals surface area (Å²) in [7, 11) is 0. The van der Waals surface area contributed by atoms with Crippen LogP contribution in [-0.2, 0) is 27.1 Å². The molecule has 2 aromatic heterocycles. The number of anilines is 1. The van der Waals surface area contributed by atoms with Crippen molar-refractivity contribution in [3.8, 4) is 0 Å². The average molecular weight is 594 g/mol. The van der Waals surface area contributed by atoms with Gasteiger partial charge < -0.3 is 4.90 Å². The van der Waals surface area contributed by atoms with Crippen LogP contribution in [0.25, 0.3) is 0 Å². The van der Waals surface area contributed by atoms with Crippen LogP contribution in [0.5, 0.6) is 0 Å². The van der Waals surface area contributed by atoms with Crippen LogP contribution in [0.15, 0.2) is 51.6 Å². The Kier molecular flexibility index (Phi) is 6.71. The molecule has 3 aliphatic heterocycles. The second kappa shape index (κ2) is 9.93. The lowest BCUT2D eigenvalue weighted by Gasteiger charge is -2.30. The third-order valence-corrected chi connectivity index (χ3v) is 10.9. The molecule has 1 aromatic carbocycles. The van der Waals surface area contributed by atoms with Gasteiger partial charge >= 0.3 is 11.0 Å². The van der Waals surface area contributed by atoms with Crippen molar-refractivity contribution in [3.63, 3.8) is 0 Å². The number of nitrogens with zero attached hydrogens (tertiary/aromatic N) is 3. The Morgan fingerprint density at radius 1 is 1.00 bits per heavy atom. The second-order valence-electron chi connectivity index (χ2n) is 9.68. The molecule has 3 atom stereocenters. The molecule has 0 saturated carbocycles. The summed E-state index contributed by atoms with van der Waals surface area (Å²) in [6, 6.07) is 7.81. The van der Waals surface area contributed by atoms with Crippen LogP contribution in [0.1, 0.15) is 40.5 Å². The van der Waals surface area contributed by atoms with E-state index in [0.29, 0.717) is 23.0 Å². The lowest BCUT2D eigenvalue weighted by Crippen LogP contribution is -2.39. The van der Waals surface area contributed by atoms with Crippen LogP contribution in [-0.4, -0.2) is 45.5 Å². The largest absolute Gasteiger partial charge is 0.416 e. The van der Waals surface area contributed by atoms with Crippen molar-refractivity contribution in [1.82, 2.24) is 9.47 Å². The molecule has 39 heavy (non-hydrogen) atoms. The highest BCUT2D eigenvalue weighted by atomic mass is 32.2. The van der Waals surface area contributed by atoms with Gasteiger partial charge in [0.15, 0.2) is 0 Å². The van der Waals surface area contributed by atoms with Gasteiger partial charge in [-0.25, -0.2) is 4.90 Å². The van der Waals surface area contributed by atoms with E-state index in [1.165, 1.54) is 28.0 Å². The molecule has 6 rings (SSSR count). The Bertz CT molecular complexity index is 1510. The highest BCUT2D eigenvalue weighted by molar-refractivity contribution is 8.00. The second-order valence-corrected chi connectivity index (χ2v) is 12.8. The number of fused-ring (bicyclic) bond motifs is 2. The van der Waals surface area contributed by atoms with E-state index in [1.807, 2.05) is 17.5 Å². The van der Waals surface area contributed by atoms with Crippen LogP contribution in [0.2, 0.25) is 0 Å². The molecule has 3 aromatic rings. The number of hydrogen-bond acceptors (Lipinski definition) is 7. The maximum absolute atomic E-state index is 13.8. The average Bonchev–Trinajstić information content (AvgIpc) is 3.61. The molecule has 0 aliphatic carbocycles. The van der Waals surface area contributed by atoms with E-state index in [1.54, 1.807) is 4.90 Å². The minimum absolute atomic E-state index is 0.138. The van der Waals surface area contributed by atoms with Crippen molar-refractivity contribution < 1.29 is 27.6 Å². The Morgan fingerprint density at radius 2 is 1.77 bits per heavy atom. The van der Waals surface area contributed by atoms with Crippen molar-refractivity contribution in [2.75, 3.05) is 18.0 Å². The Morgan fingerprint density at radius 3 is 2.46 bits per heavy atom. The molecule has 3 amide bonds. The van der Waals surface area contributed by atoms with E-state index in [9.17, 15) is 32.3 Å². The van der Waals surface area contributed by atoms with Gasteiger partial charge in [0.25, 0.3) is 0 Å². The number of imide groups is 1. The highest BCUT2D eigenvalue weighted by Crippen LogP contribution is 2.54. The van der Waals surface area contributed by atoms with Gasteiger partial charge in [0, 0.05) is 28.8 Å². The standard InChI is InChI=1S/C26H22F3N3O4S3/c27-26(28,29)14-6-4-7-15(12-14)32-22(34)19-18(16-8-5-11-37-16)21-24(38-20(19)23(32)35)31(25(36)39-21)13-17(33)30-9-2-1-3-10-30/h4-8,11-12,18-20H,1-3,9-10,13H2/t18-,19?,20?/m0/s1. The highest BCUT2D eigenvalue weighted by Gasteiger charge is 2.57. The molecule has 3 aliphatic rings. The molecular formula is C26H22F3N3O4S3. The number of aromatic nitrogens is 1. The fraction of sp³-hybridized carbons (Fsp3) is 0.385. The quantitative estimate of drug-likeness (QED) is 0.407. The van der Waals surface area contributed by atoms with Crippen LogP contribution < -0.4 is 9.77 Å². The van der Waals surface area contributed by atoms with Crippen molar-refractivity contribution in [2.24, 2.45) is 5.92 Å². The van der Waals surface area contributed by atoms with E-state index in [-0.39, 0.29) is 23.0 Å². The predicted molar refractivity (Wildman–Crippen MR) is 142 cm³/mol. The van der Waals surface area contributed by atoms with Crippen LogP contribution in [0.4, 0.5) is 18.9 Å². The number of thioether (sulfide) groups is 1. The van der Waals surface area contributed by atoms with E-state index >= 15 is 0 Å². The number of carbonyl (C=O) groups excluding carboxylic acids is 3. The zero-order chi connectivity index (χ0) is 27.5. The van der Waals surface area contributed by atoms with E-state index in [0.717, 1.165) is 64.3 Å². The number of thiazole rings is 1. The molecule has 0 bridgehead atoms. The van der Waals surface area contributed by atoms with Gasteiger partial charge in [-0.2, -0.15) is 13.2 Å². The number of halogens is 3. The smallest absolute Gasteiger partial charge is 0.341 e. The summed E-state index contributed by atoms with van der Waals surface area (Å²) in [6.45, 7) is 1.11. The van der Waals surface area contributed by atoms with E-state index in [4.69, 9.17) is 0 Å². The molecule has 0 radical (unpaired) electrons. The minimum atomic E-state index is -4.63. The summed E-state index contributed by atoms with van der Waals surface area (Å²) in [5.41, 5.74) is -1.09. The Hall–Kier alpha value is -2.90. The number of piperidine rings is 1. The molecule has 2 saturated heterocycles. The summed E-state index contributed by atoms with van der Waals surface area (Å²) in [4.78, 5) is 57.3. The first-order valence-electron chi connectivity index (χ1n) is 12.4. The lowest BCUT2D eigenvalue weighted by atomic mass is 9.87. The summed E-state index contributed by atoms with van der Waals surface area (Å²) < 4.78 is 41.6. The fourth-order valence-electron chi connectivity index (χ4n) is 5.48. The van der Waals surface area contributed by atoms with E-state index in [2.05, 4.69) is 0 Å². The third kappa shape index (κ3) is 4.53. The molecule has 7 nitrogen and oxygen atoms in total. The lowest BCUT2D eigenvalue weighted by molar-refractivity contribution is -0.137. The van der Waals surface area contributed by atoms with Crippen molar-refractivity contribution >= 4 is 57.8 Å². The van der Waals surface area contributed by atoms with Crippen molar-refractivity contribution in [2.45, 2.75) is 48.2 Å². The number of carbonyl (C=O) groups is 3. The zero-order valence-electron chi connectivity index (χ0n) is 20.3. The molecule has 5 heterocycles. The summed E-state index contributed by atoms with van der Waals surface area (Å²) in [5.74, 6) is -2.92. The van der Waals surface area contributed by atoms with Gasteiger partial charge in [-0.1, -0.05) is 35.2 Å². The van der Waals surface area contributed by atoms with Gasteiger partial charge in [0.05, 0.1) is 22.2 Å². The normalized spacial score (nSPS) is 23.2. The van der Waals surface area contributed by atoms with Gasteiger partial charge in [-0.3, -0.25) is 23.7 Å². The van der Waals surface area contributed by atoms with Crippen LogP contribution in [0, 0.1) is 5.92 Å². The van der Waals surface area contributed by atoms with Gasteiger partial charge in [0.1, 0.15) is 11.8 Å². The van der Waals surface area contributed by atoms with Crippen molar-refractivity contribution in [3.05, 3.63) is 66.8 Å². The molecule has 204 valence electrons. The predicted octanol–water partition coefficient (Wildman–Crippen LogP) is 4.80. The first kappa shape index (κ1) is 26.3. The summed E-state index contributed by atoms with van der Waals surface area (Å²) in [5, 5.41) is 1.36. The Labute approximate surface area is 233 Å². The number of amides is 3. The summed E-state index contributed by atoms with van der Waals surface area (Å²) >= 11 is 3.40. The minimum Gasteiger partial charge on any atom is -0.341 e. The van der Waals surface area contributed by atoms with E-state index < -0.39 is 40.6 Å². The molecule has 2 fully saturated rings. The van der Waals surface area contributed by atoms with Gasteiger partial charge in [-0.15, -0.1) is 11.3 Å². The third-order valence-electron chi connectivity index (χ3n) is 7.33. The van der Waals surface area contributed by atoms with Crippen LogP contribution in [0.3, 0.4) is 0 Å². The van der Waals surface area contributed by atoms with Crippen LogP contribution >= 0.6 is 34.4 Å². The number of alkyl halides is 3. The van der Waals surface area contributed by atoms with Gasteiger partial charge in [0.2, 0.25) is 17.7 Å². The molecule has 0 spiro atoms. The first-order valence-corrected chi connectivity index (χ1v) is 15.0. The summed E-state index contributed by atoms with van der Waals surface area (Å²) in [6.07, 6.45) is -1.77. The molecule has 13 heteroatoms. The maximum atomic E-state index is 13.8. The number of hydrogen-bond donors (Lipinski definition) is 0. The maximum Gasteiger partial charge on any atom is 0.416 e. The zero-order valence-corrected chi connectivity index (χ0v) is 22.8. The SMILES string of the molecule is O=C(Cn1c2c(sc1=O)[C@@H](c1cccs1)C1C(=O)N(c3cccc(C(F)(F)F)c3)C(=O)C1S2)N1CCCCC1. The number of rotatable bonds is 4. The number of likely N-dealkylation sites (tertiary alicyclic amines) is 1. The monoisotopic (exact) mass is 593 g/mol. The fourth-order valence-corrected chi connectivity index (χ4v) is 9.21. The first-order chi connectivity index (χ1) is 18.6. The van der Waals surface area contributed by atoms with Gasteiger partial charge in [-0.05, 0) is 48.9 Å². The molecule has 0 N–H and O–H groups in total. The van der Waals surface area contributed by atoms with Crippen molar-refractivity contribution in [1.29, 1.82) is 0 Å². The Balaban J connectivity index is 1.40. The molecule has 2 unspecified atom stereocenters.